The number of nitrogens with zero attached hydrogens (tertiary/aromatic N) is 1. The van der Waals surface area contributed by atoms with E-state index in [0.717, 1.165) is 16.5 Å². The Bertz CT molecular complexity index is 948. The summed E-state index contributed by atoms with van der Waals surface area (Å²) in [5.74, 6) is 0. The number of aromatic nitrogens is 1. The van der Waals surface area contributed by atoms with E-state index in [-0.39, 0.29) is 18.3 Å². The Labute approximate surface area is 163 Å². The largest absolute Gasteiger partial charge is 0.494 e. The van der Waals surface area contributed by atoms with Crippen molar-refractivity contribution in [3.05, 3.63) is 64.8 Å². The first-order chi connectivity index (χ1) is 12.2. The third-order valence-corrected chi connectivity index (χ3v) is 6.06. The summed E-state index contributed by atoms with van der Waals surface area (Å²) < 4.78 is 15.8. The van der Waals surface area contributed by atoms with Gasteiger partial charge in [-0.2, -0.15) is 0 Å². The van der Waals surface area contributed by atoms with Gasteiger partial charge in [0, 0.05) is 28.1 Å². The van der Waals surface area contributed by atoms with Crippen molar-refractivity contribution in [3.8, 4) is 0 Å². The molecule has 2 heterocycles. The monoisotopic (exact) mass is 411 g/mol. The van der Waals surface area contributed by atoms with Crippen LogP contribution in [0.25, 0.3) is 10.9 Å². The van der Waals surface area contributed by atoms with Crippen LogP contribution in [0.3, 0.4) is 0 Å². The zero-order chi connectivity index (χ0) is 18.5. The summed E-state index contributed by atoms with van der Waals surface area (Å²) in [4.78, 5) is 0. The number of rotatable bonds is 3. The summed E-state index contributed by atoms with van der Waals surface area (Å²) in [6.07, 6.45) is 2.14. The lowest BCUT2D eigenvalue weighted by Crippen LogP contribution is -2.41. The predicted molar refractivity (Wildman–Crippen MR) is 111 cm³/mol. The van der Waals surface area contributed by atoms with Crippen LogP contribution in [0.15, 0.2) is 59.2 Å². The third kappa shape index (κ3) is 3.13. The average molecular weight is 412 g/mol. The van der Waals surface area contributed by atoms with Gasteiger partial charge in [0.25, 0.3) is 0 Å². The second-order valence-electron chi connectivity index (χ2n) is 7.98. The van der Waals surface area contributed by atoms with E-state index >= 15 is 0 Å². The fourth-order valence-electron chi connectivity index (χ4n) is 3.32. The van der Waals surface area contributed by atoms with Gasteiger partial charge in [0.05, 0.1) is 11.2 Å². The molecule has 3 aromatic rings. The number of hydrogen-bond donors (Lipinski definition) is 0. The summed E-state index contributed by atoms with van der Waals surface area (Å²) in [6.45, 7) is 9.15. The highest BCUT2D eigenvalue weighted by Crippen LogP contribution is 2.36. The van der Waals surface area contributed by atoms with E-state index < -0.39 is 0 Å². The second-order valence-corrected chi connectivity index (χ2v) is 8.90. The molecule has 5 heteroatoms. The van der Waals surface area contributed by atoms with Gasteiger partial charge in [-0.05, 0) is 63.0 Å². The van der Waals surface area contributed by atoms with Crippen molar-refractivity contribution in [2.75, 3.05) is 0 Å². The zero-order valence-electron chi connectivity index (χ0n) is 15.6. The number of fused-ring (bicyclic) bond motifs is 1. The van der Waals surface area contributed by atoms with E-state index in [1.165, 1.54) is 16.5 Å². The molecule has 1 aromatic heterocycles. The van der Waals surface area contributed by atoms with Gasteiger partial charge in [-0.25, -0.2) is 0 Å². The maximum absolute atomic E-state index is 6.19. The molecule has 0 amide bonds. The highest BCUT2D eigenvalue weighted by atomic mass is 79.9. The molecule has 0 unspecified atom stereocenters. The Balaban J connectivity index is 1.60. The second kappa shape index (κ2) is 6.26. The first kappa shape index (κ1) is 17.8. The lowest BCUT2D eigenvalue weighted by atomic mass is 9.78. The van der Waals surface area contributed by atoms with Crippen molar-refractivity contribution >= 4 is 39.4 Å². The Kier molecular flexibility index (Phi) is 4.29. The Morgan fingerprint density at radius 2 is 1.69 bits per heavy atom. The molecule has 1 aliphatic rings. The summed E-state index contributed by atoms with van der Waals surface area (Å²) in [7, 11) is -0.322. The highest BCUT2D eigenvalue weighted by Gasteiger charge is 2.51. The van der Waals surface area contributed by atoms with Crippen molar-refractivity contribution in [3.63, 3.8) is 0 Å². The normalized spacial score (nSPS) is 18.6. The van der Waals surface area contributed by atoms with E-state index in [1.54, 1.807) is 0 Å². The molecule has 0 spiro atoms. The molecule has 1 fully saturated rings. The topological polar surface area (TPSA) is 23.4 Å². The van der Waals surface area contributed by atoms with Crippen LogP contribution in [0, 0.1) is 0 Å². The van der Waals surface area contributed by atoms with Gasteiger partial charge >= 0.3 is 7.12 Å². The molecule has 2 aromatic carbocycles. The first-order valence-corrected chi connectivity index (χ1v) is 9.73. The maximum atomic E-state index is 6.19. The van der Waals surface area contributed by atoms with Crippen molar-refractivity contribution < 1.29 is 9.31 Å². The van der Waals surface area contributed by atoms with Crippen LogP contribution in [0.5, 0.6) is 0 Å². The van der Waals surface area contributed by atoms with E-state index in [4.69, 9.17) is 9.31 Å². The van der Waals surface area contributed by atoms with Gasteiger partial charge in [-0.3, -0.25) is 0 Å². The molecule has 0 atom stereocenters. The molecule has 4 rings (SSSR count). The fraction of sp³-hybridized carbons (Fsp3) is 0.333. The Morgan fingerprint density at radius 3 is 2.42 bits per heavy atom. The molecule has 0 bridgehead atoms. The van der Waals surface area contributed by atoms with Gasteiger partial charge in [-0.1, -0.05) is 40.2 Å². The smallest absolute Gasteiger partial charge is 0.399 e. The van der Waals surface area contributed by atoms with Gasteiger partial charge in [0.1, 0.15) is 0 Å². The molecule has 0 radical (unpaired) electrons. The standard InChI is InChI=1S/C21H23BBrNO2/c1-20(2)21(3,4)26-22(25-20)17-7-5-6-15(12-17)14-24-11-10-16-13-18(23)8-9-19(16)24/h5-13H,14H2,1-4H3. The molecular formula is C21H23BBrNO2. The summed E-state index contributed by atoms with van der Waals surface area (Å²) in [5, 5.41) is 1.24. The van der Waals surface area contributed by atoms with Crippen molar-refractivity contribution in [1.82, 2.24) is 4.57 Å². The van der Waals surface area contributed by atoms with Gasteiger partial charge in [0.2, 0.25) is 0 Å². The lowest BCUT2D eigenvalue weighted by Gasteiger charge is -2.32. The number of benzene rings is 2. The molecule has 134 valence electrons. The highest BCUT2D eigenvalue weighted by molar-refractivity contribution is 9.10. The van der Waals surface area contributed by atoms with Crippen LogP contribution in [0.4, 0.5) is 0 Å². The van der Waals surface area contributed by atoms with Crippen molar-refractivity contribution in [1.29, 1.82) is 0 Å². The van der Waals surface area contributed by atoms with Crippen molar-refractivity contribution in [2.24, 2.45) is 0 Å². The van der Waals surface area contributed by atoms with Crippen LogP contribution in [-0.2, 0) is 15.9 Å². The van der Waals surface area contributed by atoms with Gasteiger partial charge in [-0.15, -0.1) is 0 Å². The maximum Gasteiger partial charge on any atom is 0.494 e. The lowest BCUT2D eigenvalue weighted by molar-refractivity contribution is 0.00578. The van der Waals surface area contributed by atoms with Crippen LogP contribution in [0.2, 0.25) is 0 Å². The first-order valence-electron chi connectivity index (χ1n) is 8.94. The van der Waals surface area contributed by atoms with E-state index in [2.05, 4.69) is 103 Å². The molecule has 1 saturated heterocycles. The molecule has 0 saturated carbocycles. The van der Waals surface area contributed by atoms with Gasteiger partial charge < -0.3 is 13.9 Å². The SMILES string of the molecule is CC1(C)OB(c2cccc(Cn3ccc4cc(Br)ccc43)c2)OC1(C)C. The minimum atomic E-state index is -0.322. The third-order valence-electron chi connectivity index (χ3n) is 5.56. The summed E-state index contributed by atoms with van der Waals surface area (Å²) in [6, 6.07) is 17.0. The van der Waals surface area contributed by atoms with E-state index in [0.29, 0.717) is 0 Å². The molecule has 0 aliphatic carbocycles. The Hall–Kier alpha value is -1.56. The average Bonchev–Trinajstić information content (AvgIpc) is 3.05. The number of hydrogen-bond acceptors (Lipinski definition) is 2. The summed E-state index contributed by atoms with van der Waals surface area (Å²) in [5.41, 5.74) is 2.89. The molecule has 0 N–H and O–H groups in total. The van der Waals surface area contributed by atoms with Crippen molar-refractivity contribution in [2.45, 2.75) is 45.4 Å². The minimum absolute atomic E-state index is 0.322. The molecule has 26 heavy (non-hydrogen) atoms. The summed E-state index contributed by atoms with van der Waals surface area (Å²) >= 11 is 3.54. The van der Waals surface area contributed by atoms with E-state index in [9.17, 15) is 0 Å². The molecular weight excluding hydrogens is 389 g/mol. The quantitative estimate of drug-likeness (QED) is 0.580. The molecule has 3 nitrogen and oxygen atoms in total. The minimum Gasteiger partial charge on any atom is -0.399 e. The predicted octanol–water partition coefficient (Wildman–Crippen LogP) is 4.75. The molecule has 1 aliphatic heterocycles. The van der Waals surface area contributed by atoms with Gasteiger partial charge in [0.15, 0.2) is 0 Å². The Morgan fingerprint density at radius 1 is 0.962 bits per heavy atom. The number of halogens is 1. The van der Waals surface area contributed by atoms with Crippen LogP contribution >= 0.6 is 15.9 Å². The van der Waals surface area contributed by atoms with E-state index in [1.807, 2.05) is 0 Å². The van der Waals surface area contributed by atoms with Crippen LogP contribution < -0.4 is 5.46 Å². The zero-order valence-corrected chi connectivity index (χ0v) is 17.2. The van der Waals surface area contributed by atoms with Crippen LogP contribution in [0.1, 0.15) is 33.3 Å². The van der Waals surface area contributed by atoms with Crippen LogP contribution in [-0.4, -0.2) is 22.9 Å². The fourth-order valence-corrected chi connectivity index (χ4v) is 3.70.